The number of nitrogens with one attached hydrogen (secondary N) is 1. The summed E-state index contributed by atoms with van der Waals surface area (Å²) in [6.45, 7) is 1.22. The highest BCUT2D eigenvalue weighted by molar-refractivity contribution is 5.95. The molecule has 0 bridgehead atoms. The predicted molar refractivity (Wildman–Crippen MR) is 97.8 cm³/mol. The van der Waals surface area contributed by atoms with E-state index < -0.39 is 18.5 Å². The molecule has 1 heterocycles. The molecule has 1 aromatic heterocycles. The molecule has 8 heteroatoms. The molecule has 0 spiro atoms. The lowest BCUT2D eigenvalue weighted by Gasteiger charge is -2.17. The van der Waals surface area contributed by atoms with E-state index in [-0.39, 0.29) is 18.1 Å². The van der Waals surface area contributed by atoms with Gasteiger partial charge in [-0.15, -0.1) is 0 Å². The zero-order chi connectivity index (χ0) is 19.8. The minimum atomic E-state index is -0.909. The number of carbonyl (C=O) groups is 3. The molecular formula is C19H21N3O5. The molecule has 2 rings (SSSR count). The minimum absolute atomic E-state index is 0.193. The summed E-state index contributed by atoms with van der Waals surface area (Å²) in [7, 11) is 1.43. The van der Waals surface area contributed by atoms with Crippen LogP contribution in [-0.2, 0) is 20.7 Å². The van der Waals surface area contributed by atoms with Gasteiger partial charge in [-0.2, -0.15) is 4.73 Å². The van der Waals surface area contributed by atoms with Gasteiger partial charge in [-0.25, -0.2) is 4.79 Å². The second-order valence-corrected chi connectivity index (χ2v) is 5.80. The normalized spacial score (nSPS) is 10.1. The quantitative estimate of drug-likeness (QED) is 0.447. The van der Waals surface area contributed by atoms with Crippen molar-refractivity contribution in [3.63, 3.8) is 0 Å². The number of hydrogen-bond donors (Lipinski definition) is 1. The molecule has 0 aliphatic rings. The number of ether oxygens (including phenoxy) is 1. The third kappa shape index (κ3) is 5.53. The van der Waals surface area contributed by atoms with E-state index in [0.29, 0.717) is 10.4 Å². The van der Waals surface area contributed by atoms with Crippen molar-refractivity contribution in [1.82, 2.24) is 4.90 Å². The number of carbonyl (C=O) groups excluding carboxylic acids is 3. The molecule has 0 unspecified atom stereocenters. The van der Waals surface area contributed by atoms with E-state index in [0.717, 1.165) is 23.1 Å². The second-order valence-electron chi connectivity index (χ2n) is 5.80. The summed E-state index contributed by atoms with van der Waals surface area (Å²) in [5.41, 5.74) is 1.46. The standard InChI is InChI=1S/C19H21N3O5/c1-3-14-8-4-5-9-15(14)20-17(23)12-21(2)18(24)13-27-19(25)16-10-6-7-11-22(16)26/h4-11H,3,12-13H2,1-2H3,(H,20,23). The average molecular weight is 371 g/mol. The third-order valence-electron chi connectivity index (χ3n) is 3.84. The number of para-hydroxylation sites is 1. The first-order valence-electron chi connectivity index (χ1n) is 8.39. The molecule has 2 amide bonds. The molecular weight excluding hydrogens is 350 g/mol. The van der Waals surface area contributed by atoms with E-state index in [1.165, 1.54) is 25.2 Å². The van der Waals surface area contributed by atoms with Crippen molar-refractivity contribution in [2.45, 2.75) is 13.3 Å². The van der Waals surface area contributed by atoms with E-state index in [2.05, 4.69) is 5.32 Å². The van der Waals surface area contributed by atoms with Crippen LogP contribution in [-0.4, -0.2) is 42.9 Å². The molecule has 1 aromatic carbocycles. The SMILES string of the molecule is CCc1ccccc1NC(=O)CN(C)C(=O)COC(=O)c1cccc[n+]1[O-]. The van der Waals surface area contributed by atoms with Crippen molar-refractivity contribution in [3.8, 4) is 0 Å². The van der Waals surface area contributed by atoms with Crippen molar-refractivity contribution in [2.24, 2.45) is 0 Å². The molecule has 1 N–H and O–H groups in total. The van der Waals surface area contributed by atoms with E-state index in [9.17, 15) is 19.6 Å². The Balaban J connectivity index is 1.85. The van der Waals surface area contributed by atoms with Crippen molar-refractivity contribution in [3.05, 3.63) is 65.1 Å². The van der Waals surface area contributed by atoms with Crippen LogP contribution >= 0.6 is 0 Å². The number of rotatable bonds is 7. The Morgan fingerprint density at radius 1 is 1.15 bits per heavy atom. The van der Waals surface area contributed by atoms with Crippen LogP contribution < -0.4 is 10.0 Å². The number of nitrogens with zero attached hydrogens (tertiary/aromatic N) is 2. The Morgan fingerprint density at radius 3 is 2.56 bits per heavy atom. The van der Waals surface area contributed by atoms with Gasteiger partial charge in [0, 0.05) is 24.9 Å². The first-order chi connectivity index (χ1) is 12.9. The van der Waals surface area contributed by atoms with Crippen LogP contribution in [0.1, 0.15) is 23.0 Å². The van der Waals surface area contributed by atoms with Crippen molar-refractivity contribution >= 4 is 23.5 Å². The summed E-state index contributed by atoms with van der Waals surface area (Å²) in [6.07, 6.45) is 1.92. The minimum Gasteiger partial charge on any atom is -0.618 e. The summed E-state index contributed by atoms with van der Waals surface area (Å²) >= 11 is 0. The molecule has 0 atom stereocenters. The molecule has 8 nitrogen and oxygen atoms in total. The Bertz CT molecular complexity index is 838. The van der Waals surface area contributed by atoms with E-state index in [4.69, 9.17) is 4.74 Å². The maximum atomic E-state index is 12.1. The van der Waals surface area contributed by atoms with Crippen LogP contribution in [0.25, 0.3) is 0 Å². The zero-order valence-electron chi connectivity index (χ0n) is 15.2. The van der Waals surface area contributed by atoms with Gasteiger partial charge in [0.15, 0.2) is 12.8 Å². The summed E-state index contributed by atoms with van der Waals surface area (Å²) in [5, 5.41) is 14.2. The Hall–Kier alpha value is -3.42. The number of likely N-dealkylation sites (N-methyl/N-ethyl adjacent to an activating group) is 1. The summed E-state index contributed by atoms with van der Waals surface area (Å²) < 4.78 is 5.20. The summed E-state index contributed by atoms with van der Waals surface area (Å²) in [6, 6.07) is 11.7. The van der Waals surface area contributed by atoms with Crippen LogP contribution in [0.15, 0.2) is 48.7 Å². The topological polar surface area (TPSA) is 103 Å². The van der Waals surface area contributed by atoms with Crippen LogP contribution in [0.4, 0.5) is 5.69 Å². The fourth-order valence-electron chi connectivity index (χ4n) is 2.34. The van der Waals surface area contributed by atoms with Gasteiger partial charge in [0.05, 0.1) is 6.54 Å². The molecule has 2 aromatic rings. The van der Waals surface area contributed by atoms with Crippen LogP contribution in [0.3, 0.4) is 0 Å². The first-order valence-corrected chi connectivity index (χ1v) is 8.39. The van der Waals surface area contributed by atoms with Crippen LogP contribution in [0.5, 0.6) is 0 Å². The molecule has 0 saturated heterocycles. The molecule has 0 radical (unpaired) electrons. The molecule has 0 saturated carbocycles. The number of esters is 1. The van der Waals surface area contributed by atoms with Crippen molar-refractivity contribution < 1.29 is 23.9 Å². The number of benzene rings is 1. The monoisotopic (exact) mass is 371 g/mol. The number of hydrogen-bond acceptors (Lipinski definition) is 5. The average Bonchev–Trinajstić information content (AvgIpc) is 2.66. The van der Waals surface area contributed by atoms with Gasteiger partial charge in [-0.1, -0.05) is 25.1 Å². The number of amides is 2. The van der Waals surface area contributed by atoms with Gasteiger partial charge in [-0.3, -0.25) is 9.59 Å². The highest BCUT2D eigenvalue weighted by Gasteiger charge is 2.20. The van der Waals surface area contributed by atoms with Gasteiger partial charge >= 0.3 is 11.7 Å². The fraction of sp³-hybridized carbons (Fsp3) is 0.263. The Kier molecular flexibility index (Phi) is 6.87. The maximum Gasteiger partial charge on any atom is 0.405 e. The fourth-order valence-corrected chi connectivity index (χ4v) is 2.34. The predicted octanol–water partition coefficient (Wildman–Crippen LogP) is 1.14. The van der Waals surface area contributed by atoms with Gasteiger partial charge in [-0.05, 0) is 24.1 Å². The summed E-state index contributed by atoms with van der Waals surface area (Å²) in [5.74, 6) is -1.83. The van der Waals surface area contributed by atoms with Gasteiger partial charge in [0.1, 0.15) is 0 Å². The highest BCUT2D eigenvalue weighted by atomic mass is 16.5. The number of pyridine rings is 1. The van der Waals surface area contributed by atoms with Gasteiger partial charge < -0.3 is 20.2 Å². The largest absolute Gasteiger partial charge is 0.618 e. The van der Waals surface area contributed by atoms with Crippen LogP contribution in [0, 0.1) is 5.21 Å². The van der Waals surface area contributed by atoms with E-state index in [1.807, 2.05) is 25.1 Å². The molecule has 0 aliphatic heterocycles. The number of aromatic nitrogens is 1. The Labute approximate surface area is 156 Å². The Morgan fingerprint density at radius 2 is 1.85 bits per heavy atom. The lowest BCUT2D eigenvalue weighted by molar-refractivity contribution is -0.608. The molecule has 0 aliphatic carbocycles. The molecule has 142 valence electrons. The van der Waals surface area contributed by atoms with Crippen molar-refractivity contribution in [2.75, 3.05) is 25.5 Å². The maximum absolute atomic E-state index is 12.1. The number of anilines is 1. The van der Waals surface area contributed by atoms with Crippen molar-refractivity contribution in [1.29, 1.82) is 0 Å². The smallest absolute Gasteiger partial charge is 0.405 e. The van der Waals surface area contributed by atoms with Gasteiger partial charge in [0.2, 0.25) is 5.91 Å². The lowest BCUT2D eigenvalue weighted by atomic mass is 10.1. The summed E-state index contributed by atoms with van der Waals surface area (Å²) in [4.78, 5) is 37.2. The first kappa shape index (κ1) is 19.9. The zero-order valence-corrected chi connectivity index (χ0v) is 15.2. The second kappa shape index (κ2) is 9.33. The van der Waals surface area contributed by atoms with E-state index in [1.54, 1.807) is 6.07 Å². The molecule has 0 fully saturated rings. The lowest BCUT2D eigenvalue weighted by Crippen LogP contribution is -2.39. The highest BCUT2D eigenvalue weighted by Crippen LogP contribution is 2.15. The molecule has 27 heavy (non-hydrogen) atoms. The van der Waals surface area contributed by atoms with E-state index >= 15 is 0 Å². The van der Waals surface area contributed by atoms with Gasteiger partial charge in [0.25, 0.3) is 5.91 Å². The van der Waals surface area contributed by atoms with Crippen LogP contribution in [0.2, 0.25) is 0 Å². The third-order valence-corrected chi connectivity index (χ3v) is 3.84. The number of aryl methyl sites for hydroxylation is 1.